The summed E-state index contributed by atoms with van der Waals surface area (Å²) < 4.78 is 18.5. The number of carbonyl (C=O) groups excluding carboxylic acids is 2. The SMILES string of the molecule is CCN(C(=O)c1cccc(NC(=O)C2CCCO2)c1)c1ccc(F)cc1. The fourth-order valence-electron chi connectivity index (χ4n) is 2.96. The zero-order chi connectivity index (χ0) is 18.5. The van der Waals surface area contributed by atoms with E-state index in [4.69, 9.17) is 4.74 Å². The molecule has 26 heavy (non-hydrogen) atoms. The van der Waals surface area contributed by atoms with Gasteiger partial charge in [-0.05, 0) is 62.2 Å². The Balaban J connectivity index is 1.76. The van der Waals surface area contributed by atoms with Gasteiger partial charge in [0.05, 0.1) is 0 Å². The highest BCUT2D eigenvalue weighted by atomic mass is 19.1. The van der Waals surface area contributed by atoms with Crippen LogP contribution in [-0.2, 0) is 9.53 Å². The molecule has 1 aliphatic rings. The third-order valence-corrected chi connectivity index (χ3v) is 4.30. The van der Waals surface area contributed by atoms with Crippen LogP contribution in [0.1, 0.15) is 30.1 Å². The van der Waals surface area contributed by atoms with Crippen molar-refractivity contribution < 1.29 is 18.7 Å². The third-order valence-electron chi connectivity index (χ3n) is 4.30. The van der Waals surface area contributed by atoms with Crippen molar-refractivity contribution in [3.63, 3.8) is 0 Å². The van der Waals surface area contributed by atoms with Crippen LogP contribution < -0.4 is 10.2 Å². The highest BCUT2D eigenvalue weighted by Crippen LogP contribution is 2.20. The number of benzene rings is 2. The van der Waals surface area contributed by atoms with E-state index >= 15 is 0 Å². The van der Waals surface area contributed by atoms with Gasteiger partial charge >= 0.3 is 0 Å². The second-order valence-corrected chi connectivity index (χ2v) is 6.10. The number of nitrogens with zero attached hydrogens (tertiary/aromatic N) is 1. The Morgan fingerprint density at radius 3 is 2.65 bits per heavy atom. The molecule has 0 saturated carbocycles. The lowest BCUT2D eigenvalue weighted by Crippen LogP contribution is -2.31. The maximum Gasteiger partial charge on any atom is 0.258 e. The van der Waals surface area contributed by atoms with Gasteiger partial charge in [-0.25, -0.2) is 4.39 Å². The number of rotatable bonds is 5. The summed E-state index contributed by atoms with van der Waals surface area (Å²) in [6, 6.07) is 12.6. The van der Waals surface area contributed by atoms with Gasteiger partial charge in [-0.2, -0.15) is 0 Å². The smallest absolute Gasteiger partial charge is 0.258 e. The molecule has 136 valence electrons. The summed E-state index contributed by atoms with van der Waals surface area (Å²) in [5, 5.41) is 2.80. The average molecular weight is 356 g/mol. The highest BCUT2D eigenvalue weighted by molar-refractivity contribution is 6.07. The summed E-state index contributed by atoms with van der Waals surface area (Å²) in [7, 11) is 0. The normalized spacial score (nSPS) is 16.3. The Kier molecular flexibility index (Phi) is 5.63. The number of amides is 2. The molecule has 1 unspecified atom stereocenters. The molecule has 1 aliphatic heterocycles. The van der Waals surface area contributed by atoms with E-state index in [0.29, 0.717) is 36.5 Å². The van der Waals surface area contributed by atoms with Gasteiger partial charge in [0.15, 0.2) is 0 Å². The number of hydrogen-bond acceptors (Lipinski definition) is 3. The maximum atomic E-state index is 13.1. The summed E-state index contributed by atoms with van der Waals surface area (Å²) in [5.74, 6) is -0.763. The van der Waals surface area contributed by atoms with E-state index in [9.17, 15) is 14.0 Å². The predicted octanol–water partition coefficient (Wildman–Crippen LogP) is 3.61. The van der Waals surface area contributed by atoms with Crippen molar-refractivity contribution in [1.82, 2.24) is 0 Å². The van der Waals surface area contributed by atoms with Gasteiger partial charge in [-0.15, -0.1) is 0 Å². The molecular formula is C20H21FN2O3. The van der Waals surface area contributed by atoms with Gasteiger partial charge in [-0.1, -0.05) is 6.07 Å². The first-order chi connectivity index (χ1) is 12.6. The molecule has 2 amide bonds. The molecule has 0 bridgehead atoms. The van der Waals surface area contributed by atoms with E-state index in [-0.39, 0.29) is 17.6 Å². The van der Waals surface area contributed by atoms with Crippen LogP contribution in [0, 0.1) is 5.82 Å². The lowest BCUT2D eigenvalue weighted by Gasteiger charge is -2.21. The van der Waals surface area contributed by atoms with E-state index in [1.165, 1.54) is 12.1 Å². The Bertz CT molecular complexity index is 786. The van der Waals surface area contributed by atoms with E-state index < -0.39 is 6.10 Å². The molecule has 5 nitrogen and oxygen atoms in total. The molecule has 1 heterocycles. The van der Waals surface area contributed by atoms with Crippen molar-refractivity contribution >= 4 is 23.2 Å². The van der Waals surface area contributed by atoms with Crippen LogP contribution in [-0.4, -0.2) is 31.1 Å². The first-order valence-corrected chi connectivity index (χ1v) is 8.68. The Labute approximate surface area is 151 Å². The average Bonchev–Trinajstić information content (AvgIpc) is 3.19. The highest BCUT2D eigenvalue weighted by Gasteiger charge is 2.24. The topological polar surface area (TPSA) is 58.6 Å². The predicted molar refractivity (Wildman–Crippen MR) is 97.8 cm³/mol. The third kappa shape index (κ3) is 4.08. The summed E-state index contributed by atoms with van der Waals surface area (Å²) in [6.45, 7) is 2.89. The molecule has 0 radical (unpaired) electrons. The molecule has 2 aromatic carbocycles. The molecule has 0 aliphatic carbocycles. The molecule has 3 rings (SSSR count). The fourth-order valence-corrected chi connectivity index (χ4v) is 2.96. The van der Waals surface area contributed by atoms with Gasteiger partial charge in [0, 0.05) is 30.1 Å². The van der Waals surface area contributed by atoms with Crippen LogP contribution >= 0.6 is 0 Å². The second-order valence-electron chi connectivity index (χ2n) is 6.10. The number of nitrogens with one attached hydrogen (secondary N) is 1. The van der Waals surface area contributed by atoms with E-state index in [2.05, 4.69) is 5.32 Å². The first-order valence-electron chi connectivity index (χ1n) is 8.68. The minimum absolute atomic E-state index is 0.196. The van der Waals surface area contributed by atoms with Gasteiger partial charge in [0.2, 0.25) is 0 Å². The molecule has 0 aromatic heterocycles. The number of halogens is 1. The molecule has 1 saturated heterocycles. The minimum atomic E-state index is -0.430. The molecular weight excluding hydrogens is 335 g/mol. The van der Waals surface area contributed by atoms with Crippen LogP contribution in [0.3, 0.4) is 0 Å². The lowest BCUT2D eigenvalue weighted by molar-refractivity contribution is -0.124. The molecule has 1 fully saturated rings. The number of anilines is 2. The Hall–Kier alpha value is -2.73. The molecule has 1 atom stereocenters. The summed E-state index contributed by atoms with van der Waals surface area (Å²) >= 11 is 0. The first kappa shape index (κ1) is 18.1. The van der Waals surface area contributed by atoms with Crippen LogP contribution in [0.5, 0.6) is 0 Å². The molecule has 1 N–H and O–H groups in total. The largest absolute Gasteiger partial charge is 0.368 e. The Morgan fingerprint density at radius 1 is 1.23 bits per heavy atom. The van der Waals surface area contributed by atoms with Crippen LogP contribution in [0.2, 0.25) is 0 Å². The van der Waals surface area contributed by atoms with Crippen LogP contribution in [0.15, 0.2) is 48.5 Å². The number of ether oxygens (including phenoxy) is 1. The van der Waals surface area contributed by atoms with Gasteiger partial charge in [-0.3, -0.25) is 9.59 Å². The Morgan fingerprint density at radius 2 is 2.00 bits per heavy atom. The zero-order valence-electron chi connectivity index (χ0n) is 14.6. The van der Waals surface area contributed by atoms with Crippen molar-refractivity contribution in [3.05, 3.63) is 59.9 Å². The zero-order valence-corrected chi connectivity index (χ0v) is 14.6. The van der Waals surface area contributed by atoms with E-state index in [0.717, 1.165) is 6.42 Å². The van der Waals surface area contributed by atoms with Crippen LogP contribution in [0.4, 0.5) is 15.8 Å². The van der Waals surface area contributed by atoms with Gasteiger partial charge in [0.25, 0.3) is 11.8 Å². The fraction of sp³-hybridized carbons (Fsp3) is 0.300. The molecule has 6 heteroatoms. The van der Waals surface area contributed by atoms with Crippen molar-refractivity contribution in [3.8, 4) is 0 Å². The van der Waals surface area contributed by atoms with Crippen molar-refractivity contribution in [2.75, 3.05) is 23.4 Å². The molecule has 0 spiro atoms. The second kappa shape index (κ2) is 8.10. The lowest BCUT2D eigenvalue weighted by atomic mass is 10.1. The van der Waals surface area contributed by atoms with Crippen molar-refractivity contribution in [1.29, 1.82) is 0 Å². The molecule has 2 aromatic rings. The van der Waals surface area contributed by atoms with E-state index in [1.807, 2.05) is 6.92 Å². The quantitative estimate of drug-likeness (QED) is 0.890. The monoisotopic (exact) mass is 356 g/mol. The van der Waals surface area contributed by atoms with Gasteiger partial charge < -0.3 is 15.0 Å². The summed E-state index contributed by atoms with van der Waals surface area (Å²) in [4.78, 5) is 26.6. The van der Waals surface area contributed by atoms with Gasteiger partial charge in [0.1, 0.15) is 11.9 Å². The summed E-state index contributed by atoms with van der Waals surface area (Å²) in [6.07, 6.45) is 1.15. The van der Waals surface area contributed by atoms with Crippen molar-refractivity contribution in [2.24, 2.45) is 0 Å². The summed E-state index contributed by atoms with van der Waals surface area (Å²) in [5.41, 5.74) is 1.61. The van der Waals surface area contributed by atoms with E-state index in [1.54, 1.807) is 41.3 Å². The number of hydrogen-bond donors (Lipinski definition) is 1. The van der Waals surface area contributed by atoms with Crippen molar-refractivity contribution in [2.45, 2.75) is 25.9 Å². The number of carbonyl (C=O) groups is 2. The standard InChI is InChI=1S/C20H21FN2O3/c1-2-23(17-10-8-15(21)9-11-17)20(25)14-5-3-6-16(13-14)22-19(24)18-7-4-12-26-18/h3,5-6,8-11,13,18H,2,4,7,12H2,1H3,(H,22,24). The minimum Gasteiger partial charge on any atom is -0.368 e. The maximum absolute atomic E-state index is 13.1. The van der Waals surface area contributed by atoms with Crippen LogP contribution in [0.25, 0.3) is 0 Å².